The van der Waals surface area contributed by atoms with Crippen LogP contribution in [0.2, 0.25) is 0 Å². The van der Waals surface area contributed by atoms with Crippen LogP contribution in [0.1, 0.15) is 23.6 Å². The van der Waals surface area contributed by atoms with E-state index in [1.54, 1.807) is 0 Å². The third-order valence-corrected chi connectivity index (χ3v) is 3.34. The maximum Gasteiger partial charge on any atom is 0.312 e. The van der Waals surface area contributed by atoms with Crippen molar-refractivity contribution in [2.75, 3.05) is 13.2 Å². The largest absolute Gasteiger partial charge is 0.492 e. The Morgan fingerprint density at radius 1 is 1.47 bits per heavy atom. The van der Waals surface area contributed by atoms with Crippen LogP contribution in [0.5, 0.6) is 5.75 Å². The van der Waals surface area contributed by atoms with Crippen LogP contribution in [-0.2, 0) is 16.0 Å². The molecule has 1 heterocycles. The van der Waals surface area contributed by atoms with Crippen molar-refractivity contribution >= 4 is 5.97 Å². The third-order valence-electron chi connectivity index (χ3n) is 3.34. The summed E-state index contributed by atoms with van der Waals surface area (Å²) in [6, 6.07) is 4.04. The number of carbonyl (C=O) groups excluding carboxylic acids is 1. The van der Waals surface area contributed by atoms with Gasteiger partial charge in [-0.2, -0.15) is 0 Å². The molecule has 17 heavy (non-hydrogen) atoms. The maximum absolute atomic E-state index is 11.7. The zero-order chi connectivity index (χ0) is 12.4. The van der Waals surface area contributed by atoms with Crippen LogP contribution in [0.3, 0.4) is 0 Å². The molecule has 1 aliphatic heterocycles. The predicted octanol–water partition coefficient (Wildman–Crippen LogP) is 2.42. The van der Waals surface area contributed by atoms with Gasteiger partial charge >= 0.3 is 5.97 Å². The lowest BCUT2D eigenvalue weighted by molar-refractivity contribution is -0.149. The minimum Gasteiger partial charge on any atom is -0.492 e. The average molecular weight is 234 g/mol. The molecule has 0 saturated carbocycles. The lowest BCUT2D eigenvalue weighted by atomic mass is 9.91. The van der Waals surface area contributed by atoms with E-state index in [0.717, 1.165) is 17.7 Å². The zero-order valence-corrected chi connectivity index (χ0v) is 10.6. The Balaban J connectivity index is 2.23. The second-order valence-corrected chi connectivity index (χ2v) is 4.45. The first-order valence-corrected chi connectivity index (χ1v) is 6.02. The van der Waals surface area contributed by atoms with E-state index in [1.165, 1.54) is 11.1 Å². The van der Waals surface area contributed by atoms with Gasteiger partial charge in [0.05, 0.1) is 12.5 Å². The van der Waals surface area contributed by atoms with E-state index >= 15 is 0 Å². The summed E-state index contributed by atoms with van der Waals surface area (Å²) < 4.78 is 10.7. The third kappa shape index (κ3) is 2.28. The van der Waals surface area contributed by atoms with Crippen molar-refractivity contribution in [2.45, 2.75) is 27.2 Å². The van der Waals surface area contributed by atoms with Crippen LogP contribution in [0.4, 0.5) is 0 Å². The lowest BCUT2D eigenvalue weighted by Crippen LogP contribution is -2.30. The maximum atomic E-state index is 11.7. The van der Waals surface area contributed by atoms with Gasteiger partial charge in [-0.1, -0.05) is 6.07 Å². The summed E-state index contributed by atoms with van der Waals surface area (Å²) >= 11 is 0. The van der Waals surface area contributed by atoms with Gasteiger partial charge in [0.1, 0.15) is 12.4 Å². The van der Waals surface area contributed by atoms with Crippen molar-refractivity contribution in [1.29, 1.82) is 0 Å². The van der Waals surface area contributed by atoms with Gasteiger partial charge in [-0.3, -0.25) is 4.79 Å². The summed E-state index contributed by atoms with van der Waals surface area (Å²) in [4.78, 5) is 11.7. The normalized spacial score (nSPS) is 18.2. The molecule has 0 amide bonds. The quantitative estimate of drug-likeness (QED) is 0.737. The van der Waals surface area contributed by atoms with E-state index in [1.807, 2.05) is 13.0 Å². The number of aryl methyl sites for hydroxylation is 1. The monoisotopic (exact) mass is 234 g/mol. The van der Waals surface area contributed by atoms with Crippen LogP contribution in [0.15, 0.2) is 12.1 Å². The number of esters is 1. The fourth-order valence-electron chi connectivity index (χ4n) is 2.15. The first-order valence-electron chi connectivity index (χ1n) is 6.02. The minimum absolute atomic E-state index is 0.154. The molecule has 3 nitrogen and oxygen atoms in total. The summed E-state index contributed by atoms with van der Waals surface area (Å²) in [7, 11) is 0. The molecule has 2 rings (SSSR count). The molecule has 0 bridgehead atoms. The number of ether oxygens (including phenoxy) is 2. The van der Waals surface area contributed by atoms with Crippen LogP contribution >= 0.6 is 0 Å². The molecule has 0 radical (unpaired) electrons. The number of carbonyl (C=O) groups is 1. The topological polar surface area (TPSA) is 35.5 Å². The smallest absolute Gasteiger partial charge is 0.312 e. The Kier molecular flexibility index (Phi) is 3.36. The number of hydrogen-bond donors (Lipinski definition) is 0. The Hall–Kier alpha value is -1.51. The van der Waals surface area contributed by atoms with Crippen molar-refractivity contribution in [3.8, 4) is 5.75 Å². The fourth-order valence-corrected chi connectivity index (χ4v) is 2.15. The van der Waals surface area contributed by atoms with Crippen LogP contribution in [-0.4, -0.2) is 19.2 Å². The highest BCUT2D eigenvalue weighted by molar-refractivity contribution is 5.73. The SMILES string of the molecule is CCOC(=O)C1COc2ccc(C)c(C)c2C1. The lowest BCUT2D eigenvalue weighted by Gasteiger charge is -2.25. The van der Waals surface area contributed by atoms with Crippen molar-refractivity contribution in [3.63, 3.8) is 0 Å². The summed E-state index contributed by atoms with van der Waals surface area (Å²) in [6.07, 6.45) is 0.724. The molecule has 0 N–H and O–H groups in total. The zero-order valence-electron chi connectivity index (χ0n) is 10.6. The van der Waals surface area contributed by atoms with E-state index in [9.17, 15) is 4.79 Å². The van der Waals surface area contributed by atoms with Crippen molar-refractivity contribution in [3.05, 3.63) is 28.8 Å². The summed E-state index contributed by atoms with van der Waals surface area (Å²) in [6.45, 7) is 6.82. The van der Waals surface area contributed by atoms with Crippen molar-refractivity contribution in [2.24, 2.45) is 5.92 Å². The highest BCUT2D eigenvalue weighted by atomic mass is 16.5. The van der Waals surface area contributed by atoms with Gasteiger partial charge in [0, 0.05) is 0 Å². The number of fused-ring (bicyclic) bond motifs is 1. The fraction of sp³-hybridized carbons (Fsp3) is 0.500. The molecule has 0 saturated heterocycles. The standard InChI is InChI=1S/C14H18O3/c1-4-16-14(15)11-7-12-10(3)9(2)5-6-13(12)17-8-11/h5-6,11H,4,7-8H2,1-3H3. The predicted molar refractivity (Wildman–Crippen MR) is 65.2 cm³/mol. The number of rotatable bonds is 2. The second-order valence-electron chi connectivity index (χ2n) is 4.45. The molecule has 0 fully saturated rings. The van der Waals surface area contributed by atoms with E-state index in [2.05, 4.69) is 19.9 Å². The van der Waals surface area contributed by atoms with Gasteiger partial charge < -0.3 is 9.47 Å². The van der Waals surface area contributed by atoms with Crippen molar-refractivity contribution in [1.82, 2.24) is 0 Å². The molecule has 1 atom stereocenters. The van der Waals surface area contributed by atoms with E-state index in [-0.39, 0.29) is 11.9 Å². The van der Waals surface area contributed by atoms with Gasteiger partial charge in [0.25, 0.3) is 0 Å². The molecule has 1 unspecified atom stereocenters. The Morgan fingerprint density at radius 3 is 2.94 bits per heavy atom. The first kappa shape index (κ1) is 12.0. The molecular formula is C14H18O3. The van der Waals surface area contributed by atoms with E-state index in [0.29, 0.717) is 13.2 Å². The molecule has 3 heteroatoms. The van der Waals surface area contributed by atoms with Gasteiger partial charge in [-0.25, -0.2) is 0 Å². The minimum atomic E-state index is -0.164. The number of benzene rings is 1. The highest BCUT2D eigenvalue weighted by Gasteiger charge is 2.28. The molecule has 92 valence electrons. The number of hydrogen-bond acceptors (Lipinski definition) is 3. The first-order chi connectivity index (χ1) is 8.13. The molecule has 1 aromatic carbocycles. The summed E-state index contributed by atoms with van der Waals surface area (Å²) in [5.74, 6) is 0.593. The van der Waals surface area contributed by atoms with Gasteiger partial charge in [0.15, 0.2) is 0 Å². The molecule has 0 spiro atoms. The second kappa shape index (κ2) is 4.78. The summed E-state index contributed by atoms with van der Waals surface area (Å²) in [5, 5.41) is 0. The molecular weight excluding hydrogens is 216 g/mol. The summed E-state index contributed by atoms with van der Waals surface area (Å²) in [5.41, 5.74) is 3.60. The Bertz CT molecular complexity index is 437. The van der Waals surface area contributed by atoms with Crippen molar-refractivity contribution < 1.29 is 14.3 Å². The Labute approximate surface area is 102 Å². The van der Waals surface area contributed by atoms with E-state index in [4.69, 9.17) is 9.47 Å². The molecule has 0 aromatic heterocycles. The van der Waals surface area contributed by atoms with Crippen LogP contribution < -0.4 is 4.74 Å². The van der Waals surface area contributed by atoms with Crippen LogP contribution in [0.25, 0.3) is 0 Å². The molecule has 1 aliphatic rings. The van der Waals surface area contributed by atoms with E-state index < -0.39 is 0 Å². The molecule has 0 aliphatic carbocycles. The Morgan fingerprint density at radius 2 is 2.24 bits per heavy atom. The molecule has 1 aromatic rings. The van der Waals surface area contributed by atoms with Gasteiger partial charge in [-0.15, -0.1) is 0 Å². The highest BCUT2D eigenvalue weighted by Crippen LogP contribution is 2.31. The van der Waals surface area contributed by atoms with Gasteiger partial charge in [-0.05, 0) is 49.9 Å². The van der Waals surface area contributed by atoms with Crippen LogP contribution in [0, 0.1) is 19.8 Å². The van der Waals surface area contributed by atoms with Gasteiger partial charge in [0.2, 0.25) is 0 Å². The average Bonchev–Trinajstić information content (AvgIpc) is 2.34.